The van der Waals surface area contributed by atoms with Crippen molar-refractivity contribution in [2.75, 3.05) is 0 Å². The summed E-state index contributed by atoms with van der Waals surface area (Å²) in [6.45, 7) is 10.8. The fourth-order valence-electron chi connectivity index (χ4n) is 1.97. The van der Waals surface area contributed by atoms with Gasteiger partial charge in [-0.25, -0.2) is 0 Å². The van der Waals surface area contributed by atoms with Crippen LogP contribution in [0.2, 0.25) is 0 Å². The molecule has 17 heavy (non-hydrogen) atoms. The van der Waals surface area contributed by atoms with Crippen LogP contribution < -0.4 is 0 Å². The third-order valence-electron chi connectivity index (χ3n) is 3.75. The van der Waals surface area contributed by atoms with E-state index in [4.69, 9.17) is 0 Å². The molecule has 0 aromatic rings. The molecule has 0 aliphatic heterocycles. The summed E-state index contributed by atoms with van der Waals surface area (Å²) in [6, 6.07) is 0. The Morgan fingerprint density at radius 3 is 2.41 bits per heavy atom. The second-order valence-corrected chi connectivity index (χ2v) is 5.98. The summed E-state index contributed by atoms with van der Waals surface area (Å²) in [6.07, 6.45) is 10.4. The fourth-order valence-corrected chi connectivity index (χ4v) is 1.97. The largest absolute Gasteiger partial charge is 0.303 e. The summed E-state index contributed by atoms with van der Waals surface area (Å²) in [5.74, 6) is 0.776. The van der Waals surface area contributed by atoms with Crippen molar-refractivity contribution in [3.63, 3.8) is 0 Å². The van der Waals surface area contributed by atoms with E-state index in [1.807, 2.05) is 0 Å². The van der Waals surface area contributed by atoms with Gasteiger partial charge in [0.25, 0.3) is 0 Å². The Balaban J connectivity index is 3.74. The lowest BCUT2D eigenvalue weighted by atomic mass is 9.82. The number of carbonyl (C=O) groups excluding carboxylic acids is 1. The highest BCUT2D eigenvalue weighted by Gasteiger charge is 2.20. The van der Waals surface area contributed by atoms with Gasteiger partial charge in [-0.05, 0) is 45.4 Å². The first-order valence-electron chi connectivity index (χ1n) is 7.03. The zero-order valence-corrected chi connectivity index (χ0v) is 12.4. The molecule has 0 aliphatic rings. The molecule has 0 heterocycles. The Bertz CT molecular complexity index is 238. The molecule has 0 bridgehead atoms. The number of carbonyl (C=O) groups is 1. The van der Waals surface area contributed by atoms with Crippen molar-refractivity contribution in [2.45, 2.75) is 73.1 Å². The van der Waals surface area contributed by atoms with E-state index in [2.05, 4.69) is 40.7 Å². The number of aldehydes is 1. The zero-order chi connectivity index (χ0) is 13.3. The normalized spacial score (nSPS) is 16.1. The molecule has 0 saturated carbocycles. The molecule has 2 unspecified atom stereocenters. The van der Waals surface area contributed by atoms with Crippen molar-refractivity contribution in [3.8, 4) is 0 Å². The van der Waals surface area contributed by atoms with E-state index in [1.54, 1.807) is 0 Å². The topological polar surface area (TPSA) is 17.1 Å². The van der Waals surface area contributed by atoms with Gasteiger partial charge in [0, 0.05) is 5.41 Å². The molecule has 0 aliphatic carbocycles. The molecule has 100 valence electrons. The third-order valence-corrected chi connectivity index (χ3v) is 3.75. The van der Waals surface area contributed by atoms with Gasteiger partial charge in [-0.1, -0.05) is 45.3 Å². The van der Waals surface area contributed by atoms with Crippen LogP contribution in [0, 0.1) is 11.3 Å². The van der Waals surface area contributed by atoms with E-state index in [0.717, 1.165) is 25.0 Å². The van der Waals surface area contributed by atoms with Crippen LogP contribution in [0.3, 0.4) is 0 Å². The highest BCUT2D eigenvalue weighted by Crippen LogP contribution is 2.27. The summed E-state index contributed by atoms with van der Waals surface area (Å²) in [7, 11) is 0. The van der Waals surface area contributed by atoms with Gasteiger partial charge in [0.05, 0.1) is 0 Å². The SMILES string of the molecule is CCC(C)(C=O)CCCC(C)CCC=C(C)C. The average molecular weight is 238 g/mol. The Hall–Kier alpha value is -0.590. The minimum Gasteiger partial charge on any atom is -0.303 e. The summed E-state index contributed by atoms with van der Waals surface area (Å²) in [4.78, 5) is 11.0. The maximum atomic E-state index is 11.0. The first-order chi connectivity index (χ1) is 7.93. The lowest BCUT2D eigenvalue weighted by molar-refractivity contribution is -0.116. The number of hydrogen-bond acceptors (Lipinski definition) is 1. The van der Waals surface area contributed by atoms with Gasteiger partial charge >= 0.3 is 0 Å². The molecule has 0 radical (unpaired) electrons. The number of rotatable bonds is 9. The molecule has 1 nitrogen and oxygen atoms in total. The van der Waals surface area contributed by atoms with Crippen molar-refractivity contribution in [1.82, 2.24) is 0 Å². The highest BCUT2D eigenvalue weighted by atomic mass is 16.1. The minimum atomic E-state index is -0.0837. The summed E-state index contributed by atoms with van der Waals surface area (Å²) < 4.78 is 0. The molecule has 0 amide bonds. The van der Waals surface area contributed by atoms with E-state index in [9.17, 15) is 4.79 Å². The Labute approximate surface area is 108 Å². The molecular weight excluding hydrogens is 208 g/mol. The number of allylic oxidation sites excluding steroid dienone is 2. The van der Waals surface area contributed by atoms with Crippen LogP contribution in [-0.4, -0.2) is 6.29 Å². The van der Waals surface area contributed by atoms with E-state index in [-0.39, 0.29) is 5.41 Å². The van der Waals surface area contributed by atoms with Crippen LogP contribution in [0.15, 0.2) is 11.6 Å². The van der Waals surface area contributed by atoms with Gasteiger partial charge < -0.3 is 4.79 Å². The molecule has 0 saturated heterocycles. The standard InChI is InChI=1S/C16H30O/c1-6-16(5,13-17)12-8-11-15(4)10-7-9-14(2)3/h9,13,15H,6-8,10-12H2,1-5H3. The molecule has 0 fully saturated rings. The van der Waals surface area contributed by atoms with E-state index in [0.29, 0.717) is 0 Å². The second kappa shape index (κ2) is 8.49. The van der Waals surface area contributed by atoms with Crippen molar-refractivity contribution >= 4 is 6.29 Å². The lowest BCUT2D eigenvalue weighted by Gasteiger charge is -2.21. The van der Waals surface area contributed by atoms with E-state index < -0.39 is 0 Å². The van der Waals surface area contributed by atoms with Crippen molar-refractivity contribution in [3.05, 3.63) is 11.6 Å². The first-order valence-corrected chi connectivity index (χ1v) is 7.03. The minimum absolute atomic E-state index is 0.0837. The van der Waals surface area contributed by atoms with Crippen molar-refractivity contribution in [1.29, 1.82) is 0 Å². The predicted molar refractivity (Wildman–Crippen MR) is 76.1 cm³/mol. The van der Waals surface area contributed by atoms with Crippen LogP contribution in [0.25, 0.3) is 0 Å². The molecule has 0 spiro atoms. The monoisotopic (exact) mass is 238 g/mol. The fraction of sp³-hybridized carbons (Fsp3) is 0.812. The second-order valence-electron chi connectivity index (χ2n) is 5.98. The van der Waals surface area contributed by atoms with Crippen molar-refractivity contribution in [2.24, 2.45) is 11.3 Å². The molecular formula is C16H30O. The van der Waals surface area contributed by atoms with Gasteiger partial charge in [-0.15, -0.1) is 0 Å². The van der Waals surface area contributed by atoms with Crippen LogP contribution in [0.4, 0.5) is 0 Å². The van der Waals surface area contributed by atoms with Gasteiger partial charge in [0.15, 0.2) is 0 Å². The predicted octanol–water partition coefficient (Wildman–Crippen LogP) is 5.15. The summed E-state index contributed by atoms with van der Waals surface area (Å²) in [5.41, 5.74) is 1.33. The number of hydrogen-bond donors (Lipinski definition) is 0. The highest BCUT2D eigenvalue weighted by molar-refractivity contribution is 5.58. The molecule has 0 aromatic heterocycles. The third kappa shape index (κ3) is 8.18. The van der Waals surface area contributed by atoms with Crippen LogP contribution >= 0.6 is 0 Å². The van der Waals surface area contributed by atoms with Crippen LogP contribution in [0.1, 0.15) is 73.1 Å². The summed E-state index contributed by atoms with van der Waals surface area (Å²) >= 11 is 0. The molecule has 1 heteroatoms. The summed E-state index contributed by atoms with van der Waals surface area (Å²) in [5, 5.41) is 0. The maximum absolute atomic E-state index is 11.0. The quantitative estimate of drug-likeness (QED) is 0.401. The Morgan fingerprint density at radius 2 is 1.94 bits per heavy atom. The maximum Gasteiger partial charge on any atom is 0.125 e. The van der Waals surface area contributed by atoms with Gasteiger partial charge in [0.1, 0.15) is 6.29 Å². The van der Waals surface area contributed by atoms with Gasteiger partial charge in [-0.3, -0.25) is 0 Å². The van der Waals surface area contributed by atoms with Crippen molar-refractivity contribution < 1.29 is 4.79 Å². The Kier molecular flexibility index (Phi) is 8.20. The van der Waals surface area contributed by atoms with Crippen LogP contribution in [0.5, 0.6) is 0 Å². The lowest BCUT2D eigenvalue weighted by Crippen LogP contribution is -2.16. The molecule has 2 atom stereocenters. The molecule has 0 aromatic carbocycles. The van der Waals surface area contributed by atoms with E-state index in [1.165, 1.54) is 31.3 Å². The molecule has 0 rings (SSSR count). The smallest absolute Gasteiger partial charge is 0.125 e. The average Bonchev–Trinajstić information content (AvgIpc) is 2.28. The van der Waals surface area contributed by atoms with Crippen LogP contribution in [-0.2, 0) is 4.79 Å². The molecule has 0 N–H and O–H groups in total. The first kappa shape index (κ1) is 16.4. The van der Waals surface area contributed by atoms with Gasteiger partial charge in [-0.2, -0.15) is 0 Å². The van der Waals surface area contributed by atoms with E-state index >= 15 is 0 Å². The Morgan fingerprint density at radius 1 is 1.29 bits per heavy atom. The zero-order valence-electron chi connectivity index (χ0n) is 12.4. The van der Waals surface area contributed by atoms with Gasteiger partial charge in [0.2, 0.25) is 0 Å².